The molecule has 0 aliphatic carbocycles. The molecule has 1 heterocycles. The summed E-state index contributed by atoms with van der Waals surface area (Å²) in [6, 6.07) is 10.1. The molecule has 0 bridgehead atoms. The standard InChI is InChI=1S/C17H23BrN4O.HI/c1-4-19-17(20-10-13-5-7-14(18)8-6-13)21-11-15-9-16(12(2)3)22-23-15;/h5-9,12H,4,10-11H2,1-3H3,(H2,19,20,21);1H. The van der Waals surface area contributed by atoms with E-state index in [1.807, 2.05) is 25.1 Å². The van der Waals surface area contributed by atoms with Crippen LogP contribution in [0.2, 0.25) is 0 Å². The second kappa shape index (κ2) is 10.7. The van der Waals surface area contributed by atoms with E-state index in [-0.39, 0.29) is 24.0 Å². The van der Waals surface area contributed by atoms with E-state index in [0.717, 1.165) is 34.0 Å². The van der Waals surface area contributed by atoms with E-state index in [1.54, 1.807) is 0 Å². The fourth-order valence-electron chi connectivity index (χ4n) is 1.96. The molecule has 1 aromatic heterocycles. The van der Waals surface area contributed by atoms with Gasteiger partial charge in [-0.05, 0) is 30.5 Å². The van der Waals surface area contributed by atoms with Crippen LogP contribution in [0, 0.1) is 0 Å². The van der Waals surface area contributed by atoms with Crippen LogP contribution in [0.3, 0.4) is 0 Å². The summed E-state index contributed by atoms with van der Waals surface area (Å²) in [4.78, 5) is 4.59. The first-order valence-corrected chi connectivity index (χ1v) is 8.60. The summed E-state index contributed by atoms with van der Waals surface area (Å²) in [5.41, 5.74) is 2.13. The summed E-state index contributed by atoms with van der Waals surface area (Å²) < 4.78 is 6.40. The third-order valence-electron chi connectivity index (χ3n) is 3.28. The predicted molar refractivity (Wildman–Crippen MR) is 112 cm³/mol. The number of guanidine groups is 1. The number of halogens is 2. The Kier molecular flexibility index (Phi) is 9.35. The summed E-state index contributed by atoms with van der Waals surface area (Å²) in [6.07, 6.45) is 0. The lowest BCUT2D eigenvalue weighted by Gasteiger charge is -2.09. The number of hydrogen-bond donors (Lipinski definition) is 2. The fourth-order valence-corrected chi connectivity index (χ4v) is 2.22. The first-order chi connectivity index (χ1) is 11.1. The number of nitrogens with one attached hydrogen (secondary N) is 2. The van der Waals surface area contributed by atoms with Crippen LogP contribution >= 0.6 is 39.9 Å². The lowest BCUT2D eigenvalue weighted by atomic mass is 10.1. The van der Waals surface area contributed by atoms with Gasteiger partial charge in [-0.2, -0.15) is 0 Å². The number of aliphatic imine (C=N–C) groups is 1. The van der Waals surface area contributed by atoms with Crippen molar-refractivity contribution >= 4 is 45.9 Å². The first kappa shape index (κ1) is 21.0. The topological polar surface area (TPSA) is 62.5 Å². The molecule has 2 N–H and O–H groups in total. The summed E-state index contributed by atoms with van der Waals surface area (Å²) in [7, 11) is 0. The maximum Gasteiger partial charge on any atom is 0.191 e. The zero-order valence-electron chi connectivity index (χ0n) is 14.2. The highest BCUT2D eigenvalue weighted by atomic mass is 127. The monoisotopic (exact) mass is 506 g/mol. The van der Waals surface area contributed by atoms with Crippen molar-refractivity contribution in [2.24, 2.45) is 4.99 Å². The summed E-state index contributed by atoms with van der Waals surface area (Å²) in [5, 5.41) is 10.6. The number of rotatable bonds is 6. The van der Waals surface area contributed by atoms with Crippen molar-refractivity contribution in [2.45, 2.75) is 39.8 Å². The molecule has 0 fully saturated rings. The minimum Gasteiger partial charge on any atom is -0.359 e. The van der Waals surface area contributed by atoms with Gasteiger partial charge in [0.05, 0.1) is 18.8 Å². The van der Waals surface area contributed by atoms with Crippen LogP contribution in [-0.4, -0.2) is 17.7 Å². The molecule has 0 aliphatic rings. The van der Waals surface area contributed by atoms with Crippen LogP contribution in [0.4, 0.5) is 0 Å². The smallest absolute Gasteiger partial charge is 0.191 e. The molecule has 1 aromatic carbocycles. The Morgan fingerprint density at radius 3 is 2.54 bits per heavy atom. The van der Waals surface area contributed by atoms with Gasteiger partial charge >= 0.3 is 0 Å². The average Bonchev–Trinajstić information content (AvgIpc) is 3.01. The average molecular weight is 507 g/mol. The molecule has 24 heavy (non-hydrogen) atoms. The summed E-state index contributed by atoms with van der Waals surface area (Å²) >= 11 is 3.44. The van der Waals surface area contributed by atoms with E-state index in [4.69, 9.17) is 4.52 Å². The molecule has 2 rings (SSSR count). The normalized spacial score (nSPS) is 11.3. The van der Waals surface area contributed by atoms with Crippen LogP contribution in [0.5, 0.6) is 0 Å². The molecular formula is C17H24BrIN4O. The van der Waals surface area contributed by atoms with Crippen LogP contribution in [0.1, 0.15) is 43.7 Å². The summed E-state index contributed by atoms with van der Waals surface area (Å²) in [5.74, 6) is 1.94. The Morgan fingerprint density at radius 2 is 1.96 bits per heavy atom. The van der Waals surface area contributed by atoms with Crippen molar-refractivity contribution in [3.8, 4) is 0 Å². The Labute approximate surface area is 168 Å². The lowest BCUT2D eigenvalue weighted by molar-refractivity contribution is 0.372. The van der Waals surface area contributed by atoms with Crippen LogP contribution in [0.15, 0.2) is 44.3 Å². The van der Waals surface area contributed by atoms with Crippen molar-refractivity contribution in [3.05, 3.63) is 51.8 Å². The molecule has 0 atom stereocenters. The zero-order chi connectivity index (χ0) is 16.7. The Bertz CT molecular complexity index is 640. The Balaban J connectivity index is 0.00000288. The molecule has 0 amide bonds. The van der Waals surface area contributed by atoms with Gasteiger partial charge in [0.2, 0.25) is 0 Å². The maximum absolute atomic E-state index is 5.33. The van der Waals surface area contributed by atoms with Gasteiger partial charge in [0.15, 0.2) is 11.7 Å². The first-order valence-electron chi connectivity index (χ1n) is 7.80. The molecule has 0 saturated heterocycles. The summed E-state index contributed by atoms with van der Waals surface area (Å²) in [6.45, 7) is 8.22. The Morgan fingerprint density at radius 1 is 1.25 bits per heavy atom. The van der Waals surface area contributed by atoms with E-state index in [1.165, 1.54) is 0 Å². The lowest BCUT2D eigenvalue weighted by Crippen LogP contribution is -2.36. The molecule has 5 nitrogen and oxygen atoms in total. The van der Waals surface area contributed by atoms with Crippen molar-refractivity contribution < 1.29 is 4.52 Å². The molecule has 0 radical (unpaired) electrons. The molecule has 0 aliphatic heterocycles. The SMILES string of the molecule is CCNC(=NCc1ccc(Br)cc1)NCc1cc(C(C)C)no1.I. The third kappa shape index (κ3) is 6.80. The zero-order valence-corrected chi connectivity index (χ0v) is 18.1. The quantitative estimate of drug-likeness (QED) is 0.345. The second-order valence-corrected chi connectivity index (χ2v) is 6.46. The van der Waals surface area contributed by atoms with E-state index in [2.05, 4.69) is 62.7 Å². The van der Waals surface area contributed by atoms with Crippen molar-refractivity contribution in [1.82, 2.24) is 15.8 Å². The maximum atomic E-state index is 5.33. The van der Waals surface area contributed by atoms with E-state index in [0.29, 0.717) is 19.0 Å². The third-order valence-corrected chi connectivity index (χ3v) is 3.80. The van der Waals surface area contributed by atoms with Gasteiger partial charge in [0, 0.05) is 17.1 Å². The van der Waals surface area contributed by atoms with Gasteiger partial charge in [0.25, 0.3) is 0 Å². The minimum absolute atomic E-state index is 0. The van der Waals surface area contributed by atoms with Gasteiger partial charge < -0.3 is 15.2 Å². The highest BCUT2D eigenvalue weighted by Crippen LogP contribution is 2.14. The number of benzene rings is 1. The highest BCUT2D eigenvalue weighted by Gasteiger charge is 2.08. The van der Waals surface area contributed by atoms with Gasteiger partial charge in [-0.15, -0.1) is 24.0 Å². The largest absolute Gasteiger partial charge is 0.359 e. The van der Waals surface area contributed by atoms with E-state index >= 15 is 0 Å². The molecule has 0 unspecified atom stereocenters. The van der Waals surface area contributed by atoms with Crippen LogP contribution < -0.4 is 10.6 Å². The number of hydrogen-bond acceptors (Lipinski definition) is 3. The molecule has 2 aromatic rings. The van der Waals surface area contributed by atoms with E-state index < -0.39 is 0 Å². The van der Waals surface area contributed by atoms with Gasteiger partial charge in [-0.1, -0.05) is 47.1 Å². The molecule has 0 spiro atoms. The van der Waals surface area contributed by atoms with E-state index in [9.17, 15) is 0 Å². The molecular weight excluding hydrogens is 483 g/mol. The van der Waals surface area contributed by atoms with Crippen molar-refractivity contribution in [2.75, 3.05) is 6.54 Å². The van der Waals surface area contributed by atoms with Crippen LogP contribution in [-0.2, 0) is 13.1 Å². The van der Waals surface area contributed by atoms with Crippen LogP contribution in [0.25, 0.3) is 0 Å². The highest BCUT2D eigenvalue weighted by molar-refractivity contribution is 14.0. The predicted octanol–water partition coefficient (Wildman–Crippen LogP) is 4.43. The number of nitrogens with zero attached hydrogens (tertiary/aromatic N) is 2. The van der Waals surface area contributed by atoms with Gasteiger partial charge in [-0.25, -0.2) is 4.99 Å². The second-order valence-electron chi connectivity index (χ2n) is 5.55. The fraction of sp³-hybridized carbons (Fsp3) is 0.412. The molecule has 0 saturated carbocycles. The van der Waals surface area contributed by atoms with Gasteiger partial charge in [-0.3, -0.25) is 0 Å². The minimum atomic E-state index is 0. The van der Waals surface area contributed by atoms with Crippen molar-refractivity contribution in [3.63, 3.8) is 0 Å². The van der Waals surface area contributed by atoms with Crippen molar-refractivity contribution in [1.29, 1.82) is 0 Å². The molecule has 7 heteroatoms. The Hall–Kier alpha value is -1.09. The number of aromatic nitrogens is 1. The van der Waals surface area contributed by atoms with Gasteiger partial charge in [0.1, 0.15) is 0 Å². The molecule has 132 valence electrons.